The molecule has 0 radical (unpaired) electrons. The van der Waals surface area contributed by atoms with E-state index in [0.29, 0.717) is 16.2 Å². The van der Waals surface area contributed by atoms with Crippen molar-refractivity contribution in [3.63, 3.8) is 0 Å². The average Bonchev–Trinajstić information content (AvgIpc) is 3.09. The lowest BCUT2D eigenvalue weighted by Crippen LogP contribution is -2.39. The number of fused-ring (bicyclic) bond motifs is 1. The van der Waals surface area contributed by atoms with Gasteiger partial charge >= 0.3 is 5.97 Å². The Kier molecular flexibility index (Phi) is 4.90. The van der Waals surface area contributed by atoms with Gasteiger partial charge in [-0.25, -0.2) is 9.78 Å². The van der Waals surface area contributed by atoms with Gasteiger partial charge in [-0.3, -0.25) is 14.0 Å². The Hall–Kier alpha value is -3.00. The van der Waals surface area contributed by atoms with Gasteiger partial charge in [-0.05, 0) is 19.1 Å². The quantitative estimate of drug-likeness (QED) is 0.701. The summed E-state index contributed by atoms with van der Waals surface area (Å²) < 4.78 is 6.56. The molecular formula is C17H15N3O4S. The van der Waals surface area contributed by atoms with E-state index in [1.54, 1.807) is 41.9 Å². The van der Waals surface area contributed by atoms with Crippen LogP contribution in [0.3, 0.4) is 0 Å². The van der Waals surface area contributed by atoms with Crippen LogP contribution in [0.1, 0.15) is 23.0 Å². The van der Waals surface area contributed by atoms with E-state index in [1.807, 2.05) is 0 Å². The van der Waals surface area contributed by atoms with E-state index < -0.39 is 12.0 Å². The molecule has 0 aliphatic heterocycles. The van der Waals surface area contributed by atoms with E-state index in [9.17, 15) is 14.4 Å². The molecule has 0 saturated carbocycles. The predicted molar refractivity (Wildman–Crippen MR) is 92.5 cm³/mol. The van der Waals surface area contributed by atoms with Gasteiger partial charge in [0.2, 0.25) is 0 Å². The van der Waals surface area contributed by atoms with Gasteiger partial charge < -0.3 is 10.1 Å². The average molecular weight is 357 g/mol. The molecule has 1 amide bonds. The molecule has 1 N–H and O–H groups in total. The van der Waals surface area contributed by atoms with E-state index in [2.05, 4.69) is 10.3 Å². The monoisotopic (exact) mass is 357 g/mol. The molecule has 0 bridgehead atoms. The molecule has 0 fully saturated rings. The lowest BCUT2D eigenvalue weighted by Gasteiger charge is -2.13. The van der Waals surface area contributed by atoms with Gasteiger partial charge in [0, 0.05) is 23.2 Å². The van der Waals surface area contributed by atoms with E-state index in [0.717, 1.165) is 0 Å². The SMILES string of the molecule is C[C@H](NC(=O)c1ccccc1)C(=O)OCc1cc(=O)n2ccsc2n1. The van der Waals surface area contributed by atoms with Gasteiger partial charge in [0.15, 0.2) is 4.96 Å². The largest absolute Gasteiger partial charge is 0.458 e. The van der Waals surface area contributed by atoms with Crippen molar-refractivity contribution in [1.29, 1.82) is 0 Å². The van der Waals surface area contributed by atoms with Gasteiger partial charge in [0.05, 0.1) is 5.69 Å². The van der Waals surface area contributed by atoms with Crippen LogP contribution in [0.15, 0.2) is 52.8 Å². The fourth-order valence-corrected chi connectivity index (χ4v) is 2.90. The van der Waals surface area contributed by atoms with Crippen molar-refractivity contribution < 1.29 is 14.3 Å². The molecule has 0 spiro atoms. The number of aromatic nitrogens is 2. The Bertz CT molecular complexity index is 965. The summed E-state index contributed by atoms with van der Waals surface area (Å²) in [4.78, 5) is 40.7. The number of rotatable bonds is 5. The maximum Gasteiger partial charge on any atom is 0.328 e. The summed E-state index contributed by atoms with van der Waals surface area (Å²) in [7, 11) is 0. The zero-order valence-electron chi connectivity index (χ0n) is 13.3. The number of ether oxygens (including phenoxy) is 1. The van der Waals surface area contributed by atoms with Crippen LogP contribution in [0.2, 0.25) is 0 Å². The molecule has 8 heteroatoms. The third kappa shape index (κ3) is 3.92. The second-order valence-electron chi connectivity index (χ2n) is 5.31. The molecule has 2 heterocycles. The highest BCUT2D eigenvalue weighted by Crippen LogP contribution is 2.07. The van der Waals surface area contributed by atoms with Gasteiger partial charge in [-0.2, -0.15) is 0 Å². The van der Waals surface area contributed by atoms with Crippen LogP contribution in [0.4, 0.5) is 0 Å². The third-order valence-electron chi connectivity index (χ3n) is 3.46. The van der Waals surface area contributed by atoms with Crippen molar-refractivity contribution in [2.24, 2.45) is 0 Å². The first kappa shape index (κ1) is 16.8. The van der Waals surface area contributed by atoms with Crippen LogP contribution < -0.4 is 10.9 Å². The summed E-state index contributed by atoms with van der Waals surface area (Å²) in [5.41, 5.74) is 0.588. The second kappa shape index (κ2) is 7.27. The first-order chi connectivity index (χ1) is 12.0. The number of hydrogen-bond acceptors (Lipinski definition) is 6. The standard InChI is InChI=1S/C17H15N3O4S/c1-11(18-15(22)12-5-3-2-4-6-12)16(23)24-10-13-9-14(21)20-7-8-25-17(20)19-13/h2-9,11H,10H2,1H3,(H,18,22)/t11-/m0/s1. The fourth-order valence-electron chi connectivity index (χ4n) is 2.16. The number of carbonyl (C=O) groups is 2. The third-order valence-corrected chi connectivity index (χ3v) is 4.21. The molecule has 0 aliphatic rings. The topological polar surface area (TPSA) is 89.8 Å². The van der Waals surface area contributed by atoms with Crippen LogP contribution in [-0.4, -0.2) is 27.3 Å². The number of nitrogens with zero attached hydrogens (tertiary/aromatic N) is 2. The van der Waals surface area contributed by atoms with Crippen molar-refractivity contribution in [1.82, 2.24) is 14.7 Å². The number of amides is 1. The minimum Gasteiger partial charge on any atom is -0.458 e. The second-order valence-corrected chi connectivity index (χ2v) is 6.18. The molecule has 0 saturated heterocycles. The number of carbonyl (C=O) groups excluding carboxylic acids is 2. The zero-order chi connectivity index (χ0) is 17.8. The first-order valence-electron chi connectivity index (χ1n) is 7.53. The molecule has 1 aromatic carbocycles. The minimum absolute atomic E-state index is 0.131. The van der Waals surface area contributed by atoms with Gasteiger partial charge in [-0.1, -0.05) is 18.2 Å². The van der Waals surface area contributed by atoms with E-state index in [1.165, 1.54) is 28.7 Å². The lowest BCUT2D eigenvalue weighted by atomic mass is 10.2. The Morgan fingerprint density at radius 2 is 2.08 bits per heavy atom. The number of hydrogen-bond donors (Lipinski definition) is 1. The Morgan fingerprint density at radius 1 is 1.32 bits per heavy atom. The predicted octanol–water partition coefficient (Wildman–Crippen LogP) is 1.62. The molecule has 1 atom stereocenters. The van der Waals surface area contributed by atoms with Gasteiger partial charge in [-0.15, -0.1) is 11.3 Å². The maximum atomic E-state index is 12.0. The van der Waals surface area contributed by atoms with E-state index in [-0.39, 0.29) is 18.1 Å². The Labute approximate surface area is 146 Å². The first-order valence-corrected chi connectivity index (χ1v) is 8.41. The molecule has 7 nitrogen and oxygen atoms in total. The molecule has 3 aromatic rings. The van der Waals surface area contributed by atoms with Crippen LogP contribution in [0, 0.1) is 0 Å². The highest BCUT2D eigenvalue weighted by molar-refractivity contribution is 7.15. The maximum absolute atomic E-state index is 12.0. The van der Waals surface area contributed by atoms with Crippen molar-refractivity contribution in [3.05, 3.63) is 69.6 Å². The molecule has 25 heavy (non-hydrogen) atoms. The molecule has 0 unspecified atom stereocenters. The Morgan fingerprint density at radius 3 is 2.84 bits per heavy atom. The van der Waals surface area contributed by atoms with Gasteiger partial charge in [0.25, 0.3) is 11.5 Å². The number of nitrogens with one attached hydrogen (secondary N) is 1. The molecular weight excluding hydrogens is 342 g/mol. The highest BCUT2D eigenvalue weighted by Gasteiger charge is 2.18. The van der Waals surface area contributed by atoms with E-state index >= 15 is 0 Å². The van der Waals surface area contributed by atoms with Crippen LogP contribution in [0.25, 0.3) is 4.96 Å². The summed E-state index contributed by atoms with van der Waals surface area (Å²) in [6, 6.07) is 9.08. The van der Waals surface area contributed by atoms with E-state index in [4.69, 9.17) is 4.74 Å². The summed E-state index contributed by atoms with van der Waals surface area (Å²) in [6.07, 6.45) is 1.63. The molecule has 2 aromatic heterocycles. The molecule has 128 valence electrons. The smallest absolute Gasteiger partial charge is 0.328 e. The zero-order valence-corrected chi connectivity index (χ0v) is 14.2. The number of thiazole rings is 1. The van der Waals surface area contributed by atoms with Crippen LogP contribution >= 0.6 is 11.3 Å². The Balaban J connectivity index is 1.59. The van der Waals surface area contributed by atoms with Gasteiger partial charge in [0.1, 0.15) is 12.6 Å². The van der Waals surface area contributed by atoms with Crippen molar-refractivity contribution in [2.45, 2.75) is 19.6 Å². The van der Waals surface area contributed by atoms with Crippen molar-refractivity contribution in [2.75, 3.05) is 0 Å². The van der Waals surface area contributed by atoms with Crippen LogP contribution in [0.5, 0.6) is 0 Å². The van der Waals surface area contributed by atoms with Crippen LogP contribution in [-0.2, 0) is 16.1 Å². The summed E-state index contributed by atoms with van der Waals surface area (Å²) in [6.45, 7) is 1.40. The highest BCUT2D eigenvalue weighted by atomic mass is 32.1. The normalized spacial score (nSPS) is 11.9. The number of benzene rings is 1. The minimum atomic E-state index is -0.820. The molecule has 3 rings (SSSR count). The summed E-state index contributed by atoms with van der Waals surface area (Å²) >= 11 is 1.32. The summed E-state index contributed by atoms with van der Waals surface area (Å²) in [5, 5.41) is 4.32. The summed E-state index contributed by atoms with van der Waals surface area (Å²) in [5.74, 6) is -0.959. The van der Waals surface area contributed by atoms with Crippen molar-refractivity contribution >= 4 is 28.2 Å². The molecule has 0 aliphatic carbocycles. The van der Waals surface area contributed by atoms with Crippen molar-refractivity contribution in [3.8, 4) is 0 Å². The number of esters is 1. The fraction of sp³-hybridized carbons (Fsp3) is 0.176. The lowest BCUT2D eigenvalue weighted by molar-refractivity contribution is -0.146.